The number of nitrogens with one attached hydrogen (secondary N) is 1. The highest BCUT2D eigenvalue weighted by Gasteiger charge is 2.18. The topological polar surface area (TPSA) is 101 Å². The van der Waals surface area contributed by atoms with Crippen molar-refractivity contribution in [3.8, 4) is 17.2 Å². The number of rotatable bonds is 10. The fraction of sp³-hybridized carbons (Fsp3) is 0.292. The van der Waals surface area contributed by atoms with Gasteiger partial charge >= 0.3 is 5.69 Å². The van der Waals surface area contributed by atoms with Crippen molar-refractivity contribution in [1.29, 1.82) is 0 Å². The molecule has 1 aromatic heterocycles. The summed E-state index contributed by atoms with van der Waals surface area (Å²) in [6.45, 7) is 0.665. The average molecular weight is 488 g/mol. The molecule has 180 valence electrons. The lowest BCUT2D eigenvalue weighted by atomic mass is 10.1. The van der Waals surface area contributed by atoms with Crippen molar-refractivity contribution >= 4 is 17.5 Å². The number of amides is 1. The van der Waals surface area contributed by atoms with E-state index in [1.54, 1.807) is 38.5 Å². The smallest absolute Gasteiger partial charge is 0.335 e. The second kappa shape index (κ2) is 11.5. The second-order valence-corrected chi connectivity index (χ2v) is 7.76. The molecule has 9 nitrogen and oxygen atoms in total. The third kappa shape index (κ3) is 5.67. The fourth-order valence-electron chi connectivity index (χ4n) is 3.40. The second-order valence-electron chi connectivity index (χ2n) is 7.33. The quantitative estimate of drug-likeness (QED) is 0.471. The van der Waals surface area contributed by atoms with Gasteiger partial charge in [-0.1, -0.05) is 23.7 Å². The van der Waals surface area contributed by atoms with E-state index in [1.807, 2.05) is 12.1 Å². The summed E-state index contributed by atoms with van der Waals surface area (Å²) in [5.74, 6) is 0.601. The Morgan fingerprint density at radius 3 is 2.47 bits per heavy atom. The van der Waals surface area contributed by atoms with Crippen molar-refractivity contribution < 1.29 is 19.0 Å². The van der Waals surface area contributed by atoms with E-state index in [9.17, 15) is 14.4 Å². The van der Waals surface area contributed by atoms with Gasteiger partial charge in [-0.05, 0) is 42.3 Å². The lowest BCUT2D eigenvalue weighted by molar-refractivity contribution is 0.0950. The Kier molecular flexibility index (Phi) is 8.50. The molecule has 1 heterocycles. The van der Waals surface area contributed by atoms with E-state index in [2.05, 4.69) is 5.32 Å². The Morgan fingerprint density at radius 2 is 1.79 bits per heavy atom. The molecule has 0 aliphatic heterocycles. The third-order valence-electron chi connectivity index (χ3n) is 5.15. The van der Waals surface area contributed by atoms with Crippen molar-refractivity contribution in [2.24, 2.45) is 0 Å². The SMILES string of the molecule is COCCn1cc(C(=O)NCCc2ccc(OC)c(OC)c2)c(=O)n(-c2cccc(Cl)c2)c1=O. The highest BCUT2D eigenvalue weighted by molar-refractivity contribution is 6.30. The monoisotopic (exact) mass is 487 g/mol. The molecule has 1 amide bonds. The standard InChI is InChI=1S/C24H26ClN3O6/c1-32-12-11-27-15-19(23(30)28(24(27)31)18-6-4-5-17(25)14-18)22(29)26-10-9-16-7-8-20(33-2)21(13-16)34-3/h4-8,13-15H,9-12H2,1-3H3,(H,26,29). The van der Waals surface area contributed by atoms with Crippen LogP contribution in [0.5, 0.6) is 11.5 Å². The van der Waals surface area contributed by atoms with Crippen LogP contribution in [0, 0.1) is 0 Å². The normalized spacial score (nSPS) is 10.7. The van der Waals surface area contributed by atoms with Gasteiger partial charge in [0.1, 0.15) is 5.56 Å². The Labute approximate surface area is 201 Å². The minimum atomic E-state index is -0.732. The molecule has 0 atom stereocenters. The average Bonchev–Trinajstić information content (AvgIpc) is 2.83. The van der Waals surface area contributed by atoms with Gasteiger partial charge in [0.25, 0.3) is 11.5 Å². The van der Waals surface area contributed by atoms with E-state index in [0.29, 0.717) is 22.9 Å². The molecule has 0 spiro atoms. The third-order valence-corrected chi connectivity index (χ3v) is 5.39. The van der Waals surface area contributed by atoms with Crippen LogP contribution in [0.2, 0.25) is 5.02 Å². The summed E-state index contributed by atoms with van der Waals surface area (Å²) in [6, 6.07) is 11.8. The van der Waals surface area contributed by atoms with Gasteiger partial charge in [-0.2, -0.15) is 0 Å². The first-order chi connectivity index (χ1) is 16.4. The van der Waals surface area contributed by atoms with Gasteiger partial charge in [-0.3, -0.25) is 14.2 Å². The first-order valence-corrected chi connectivity index (χ1v) is 10.9. The van der Waals surface area contributed by atoms with E-state index >= 15 is 0 Å². The van der Waals surface area contributed by atoms with Crippen LogP contribution in [0.25, 0.3) is 5.69 Å². The first kappa shape index (κ1) is 25.1. The van der Waals surface area contributed by atoms with Gasteiger partial charge in [-0.25, -0.2) is 9.36 Å². The predicted molar refractivity (Wildman–Crippen MR) is 129 cm³/mol. The molecule has 0 fully saturated rings. The summed E-state index contributed by atoms with van der Waals surface area (Å²) in [7, 11) is 4.60. The maximum atomic E-state index is 13.1. The molecule has 3 rings (SSSR count). The number of aromatic nitrogens is 2. The molecule has 0 bridgehead atoms. The molecule has 0 radical (unpaired) electrons. The highest BCUT2D eigenvalue weighted by Crippen LogP contribution is 2.27. The number of benzene rings is 2. The van der Waals surface area contributed by atoms with Gasteiger partial charge in [0.05, 0.1) is 33.1 Å². The number of halogens is 1. The van der Waals surface area contributed by atoms with E-state index in [0.717, 1.165) is 10.1 Å². The van der Waals surface area contributed by atoms with Crippen LogP contribution in [0.15, 0.2) is 58.3 Å². The summed E-state index contributed by atoms with van der Waals surface area (Å²) in [4.78, 5) is 39.0. The van der Waals surface area contributed by atoms with Gasteiger partial charge in [0.15, 0.2) is 11.5 Å². The van der Waals surface area contributed by atoms with Crippen LogP contribution in [0.1, 0.15) is 15.9 Å². The number of ether oxygens (including phenoxy) is 3. The molecule has 0 unspecified atom stereocenters. The molecule has 1 N–H and O–H groups in total. The van der Waals surface area contributed by atoms with Crippen LogP contribution < -0.4 is 26.0 Å². The number of carbonyl (C=O) groups excluding carboxylic acids is 1. The molecule has 0 saturated carbocycles. The van der Waals surface area contributed by atoms with Crippen LogP contribution in [0.3, 0.4) is 0 Å². The van der Waals surface area contributed by atoms with Gasteiger partial charge in [0.2, 0.25) is 0 Å². The molecule has 0 aliphatic carbocycles. The molecular weight excluding hydrogens is 462 g/mol. The minimum Gasteiger partial charge on any atom is -0.493 e. The molecule has 2 aromatic carbocycles. The van der Waals surface area contributed by atoms with E-state index in [4.69, 9.17) is 25.8 Å². The molecule has 10 heteroatoms. The predicted octanol–water partition coefficient (Wildman–Crippen LogP) is 2.29. The first-order valence-electron chi connectivity index (χ1n) is 10.5. The Hall–Kier alpha value is -3.56. The number of hydrogen-bond acceptors (Lipinski definition) is 6. The van der Waals surface area contributed by atoms with Crippen molar-refractivity contribution in [2.45, 2.75) is 13.0 Å². The van der Waals surface area contributed by atoms with Gasteiger partial charge in [0, 0.05) is 24.9 Å². The fourth-order valence-corrected chi connectivity index (χ4v) is 3.59. The summed E-state index contributed by atoms with van der Waals surface area (Å²) < 4.78 is 17.8. The van der Waals surface area contributed by atoms with E-state index in [-0.39, 0.29) is 30.9 Å². The maximum absolute atomic E-state index is 13.1. The van der Waals surface area contributed by atoms with Crippen LogP contribution in [-0.2, 0) is 17.7 Å². The zero-order valence-electron chi connectivity index (χ0n) is 19.2. The van der Waals surface area contributed by atoms with Crippen molar-refractivity contribution in [1.82, 2.24) is 14.5 Å². The van der Waals surface area contributed by atoms with Crippen LogP contribution >= 0.6 is 11.6 Å². The van der Waals surface area contributed by atoms with Crippen molar-refractivity contribution in [3.05, 3.63) is 85.6 Å². The van der Waals surface area contributed by atoms with Gasteiger partial charge in [-0.15, -0.1) is 0 Å². The number of hydrogen-bond donors (Lipinski definition) is 1. The Balaban J connectivity index is 1.88. The van der Waals surface area contributed by atoms with E-state index in [1.165, 1.54) is 23.9 Å². The lowest BCUT2D eigenvalue weighted by Crippen LogP contribution is -2.43. The van der Waals surface area contributed by atoms with E-state index < -0.39 is 17.2 Å². The molecule has 34 heavy (non-hydrogen) atoms. The summed E-state index contributed by atoms with van der Waals surface area (Å²) in [5, 5.41) is 3.11. The van der Waals surface area contributed by atoms with Crippen molar-refractivity contribution in [2.75, 3.05) is 34.5 Å². The largest absolute Gasteiger partial charge is 0.493 e. The maximum Gasteiger partial charge on any atom is 0.335 e. The summed E-state index contributed by atoms with van der Waals surface area (Å²) in [5.41, 5.74) is -0.299. The summed E-state index contributed by atoms with van der Waals surface area (Å²) in [6.07, 6.45) is 1.76. The van der Waals surface area contributed by atoms with Gasteiger partial charge < -0.3 is 19.5 Å². The zero-order chi connectivity index (χ0) is 24.7. The van der Waals surface area contributed by atoms with Crippen LogP contribution in [0.4, 0.5) is 0 Å². The van der Waals surface area contributed by atoms with Crippen molar-refractivity contribution in [3.63, 3.8) is 0 Å². The Morgan fingerprint density at radius 1 is 1.03 bits per heavy atom. The Bertz CT molecular complexity index is 1280. The number of methoxy groups -OCH3 is 3. The lowest BCUT2D eigenvalue weighted by Gasteiger charge is -2.14. The van der Waals surface area contributed by atoms with Crippen LogP contribution in [-0.4, -0.2) is 49.5 Å². The highest BCUT2D eigenvalue weighted by atomic mass is 35.5. The molecule has 0 saturated heterocycles. The number of carbonyl (C=O) groups is 1. The zero-order valence-corrected chi connectivity index (χ0v) is 19.9. The molecular formula is C24H26ClN3O6. The molecule has 3 aromatic rings. The number of nitrogens with zero attached hydrogens (tertiary/aromatic N) is 2. The molecule has 0 aliphatic rings. The minimum absolute atomic E-state index is 0.164. The summed E-state index contributed by atoms with van der Waals surface area (Å²) >= 11 is 6.05.